The fourth-order valence-corrected chi connectivity index (χ4v) is 1.30. The van der Waals surface area contributed by atoms with Crippen LogP contribution in [0.5, 0.6) is 5.75 Å². The third-order valence-electron chi connectivity index (χ3n) is 1.37. The largest absolute Gasteiger partial charge is 0.506 e. The maximum atomic E-state index is 10.7. The Morgan fingerprint density at radius 3 is 2.62 bits per heavy atom. The van der Waals surface area contributed by atoms with Gasteiger partial charge >= 0.3 is 0 Å². The number of phenolic OH excluding ortho intramolecular Hbond substituents is 1. The molecule has 3 nitrogen and oxygen atoms in total. The van der Waals surface area contributed by atoms with Crippen molar-refractivity contribution >= 4 is 34.8 Å². The molecule has 0 aliphatic rings. The highest BCUT2D eigenvalue weighted by Gasteiger charge is 2.10. The van der Waals surface area contributed by atoms with Crippen molar-refractivity contribution in [3.8, 4) is 5.75 Å². The average Bonchev–Trinajstić information content (AvgIpc) is 2.05. The number of aromatic hydroxyl groups is 1. The first kappa shape index (κ1) is 10.2. The lowest BCUT2D eigenvalue weighted by Gasteiger charge is -2.07. The molecule has 1 aromatic rings. The quantitative estimate of drug-likeness (QED) is 0.764. The van der Waals surface area contributed by atoms with E-state index in [1.807, 2.05) is 0 Å². The standard InChI is InChI=1S/C8H7Cl2NO2/c1-4(12)11-8-5(9)2-3-6(13)7(8)10/h2-3,13H,1H3,(H,11,12). The molecule has 0 aliphatic carbocycles. The fraction of sp³-hybridized carbons (Fsp3) is 0.125. The van der Waals surface area contributed by atoms with Gasteiger partial charge in [-0.2, -0.15) is 0 Å². The van der Waals surface area contributed by atoms with Crippen molar-refractivity contribution in [2.24, 2.45) is 0 Å². The molecule has 0 saturated heterocycles. The van der Waals surface area contributed by atoms with Gasteiger partial charge in [0, 0.05) is 6.92 Å². The summed E-state index contributed by atoms with van der Waals surface area (Å²) in [5.41, 5.74) is 0.232. The van der Waals surface area contributed by atoms with Crippen molar-refractivity contribution in [1.82, 2.24) is 0 Å². The van der Waals surface area contributed by atoms with Crippen molar-refractivity contribution in [2.45, 2.75) is 6.92 Å². The van der Waals surface area contributed by atoms with Crippen LogP contribution in [-0.4, -0.2) is 11.0 Å². The zero-order valence-electron chi connectivity index (χ0n) is 6.77. The van der Waals surface area contributed by atoms with E-state index >= 15 is 0 Å². The van der Waals surface area contributed by atoms with Gasteiger partial charge in [0.2, 0.25) is 5.91 Å². The molecule has 0 unspecified atom stereocenters. The molecule has 1 amide bonds. The minimum absolute atomic E-state index is 0.0442. The predicted molar refractivity (Wildman–Crippen MR) is 52.4 cm³/mol. The number of halogens is 2. The molecule has 0 saturated carbocycles. The first-order chi connectivity index (χ1) is 6.02. The minimum atomic E-state index is -0.297. The number of anilines is 1. The highest BCUT2D eigenvalue weighted by atomic mass is 35.5. The zero-order chi connectivity index (χ0) is 10.0. The summed E-state index contributed by atoms with van der Waals surface area (Å²) in [6, 6.07) is 2.81. The summed E-state index contributed by atoms with van der Waals surface area (Å²) in [5.74, 6) is -0.413. The van der Waals surface area contributed by atoms with Crippen LogP contribution in [0.2, 0.25) is 10.0 Å². The lowest BCUT2D eigenvalue weighted by molar-refractivity contribution is -0.114. The SMILES string of the molecule is CC(=O)Nc1c(Cl)ccc(O)c1Cl. The Bertz CT molecular complexity index is 352. The molecule has 1 rings (SSSR count). The molecule has 5 heteroatoms. The van der Waals surface area contributed by atoms with Gasteiger partial charge in [0.1, 0.15) is 10.8 Å². The maximum Gasteiger partial charge on any atom is 0.221 e. The summed E-state index contributed by atoms with van der Waals surface area (Å²) in [4.78, 5) is 10.7. The van der Waals surface area contributed by atoms with E-state index < -0.39 is 0 Å². The van der Waals surface area contributed by atoms with E-state index in [4.69, 9.17) is 23.2 Å². The lowest BCUT2D eigenvalue weighted by atomic mass is 10.3. The van der Waals surface area contributed by atoms with Crippen molar-refractivity contribution in [1.29, 1.82) is 0 Å². The molecule has 13 heavy (non-hydrogen) atoms. The molecule has 0 fully saturated rings. The van der Waals surface area contributed by atoms with Gasteiger partial charge in [-0.15, -0.1) is 0 Å². The number of hydrogen-bond acceptors (Lipinski definition) is 2. The second-order valence-electron chi connectivity index (χ2n) is 2.44. The van der Waals surface area contributed by atoms with Crippen LogP contribution < -0.4 is 5.32 Å². The Kier molecular flexibility index (Phi) is 3.01. The second kappa shape index (κ2) is 3.85. The van der Waals surface area contributed by atoms with E-state index in [9.17, 15) is 9.90 Å². The Labute approximate surface area is 85.3 Å². The van der Waals surface area contributed by atoms with Crippen molar-refractivity contribution < 1.29 is 9.90 Å². The van der Waals surface area contributed by atoms with Crippen LogP contribution in [0.1, 0.15) is 6.92 Å². The summed E-state index contributed by atoms with van der Waals surface area (Å²) in [6.45, 7) is 1.33. The number of nitrogens with one attached hydrogen (secondary N) is 1. The van der Waals surface area contributed by atoms with Crippen LogP contribution in [0.15, 0.2) is 12.1 Å². The van der Waals surface area contributed by atoms with Gasteiger partial charge in [-0.3, -0.25) is 4.79 Å². The number of carbonyl (C=O) groups is 1. The molecule has 0 radical (unpaired) electrons. The van der Waals surface area contributed by atoms with Gasteiger partial charge < -0.3 is 10.4 Å². The van der Waals surface area contributed by atoms with Crippen LogP contribution in [-0.2, 0) is 4.79 Å². The smallest absolute Gasteiger partial charge is 0.221 e. The molecule has 2 N–H and O–H groups in total. The van der Waals surface area contributed by atoms with Gasteiger partial charge in [0.25, 0.3) is 0 Å². The molecule has 0 aromatic heterocycles. The third kappa shape index (κ3) is 2.26. The highest BCUT2D eigenvalue weighted by Crippen LogP contribution is 2.36. The van der Waals surface area contributed by atoms with Crippen LogP contribution in [0, 0.1) is 0 Å². The molecule has 0 bridgehead atoms. The Morgan fingerprint density at radius 1 is 1.46 bits per heavy atom. The predicted octanol–water partition coefficient (Wildman–Crippen LogP) is 2.66. The van der Waals surface area contributed by atoms with Crippen LogP contribution >= 0.6 is 23.2 Å². The van der Waals surface area contributed by atoms with Gasteiger partial charge in [-0.05, 0) is 12.1 Å². The van der Waals surface area contributed by atoms with Crippen molar-refractivity contribution in [3.05, 3.63) is 22.2 Å². The highest BCUT2D eigenvalue weighted by molar-refractivity contribution is 6.40. The molecule has 1 aromatic carbocycles. The Morgan fingerprint density at radius 2 is 2.08 bits per heavy atom. The summed E-state index contributed by atoms with van der Waals surface area (Å²) in [6.07, 6.45) is 0. The number of carbonyl (C=O) groups excluding carboxylic acids is 1. The van der Waals surface area contributed by atoms with Gasteiger partial charge in [0.05, 0.1) is 10.7 Å². The number of amides is 1. The monoisotopic (exact) mass is 219 g/mol. The minimum Gasteiger partial charge on any atom is -0.506 e. The maximum absolute atomic E-state index is 10.7. The van der Waals surface area contributed by atoms with E-state index in [0.29, 0.717) is 0 Å². The van der Waals surface area contributed by atoms with Crippen LogP contribution in [0.3, 0.4) is 0 Å². The molecule has 0 spiro atoms. The van der Waals surface area contributed by atoms with E-state index in [0.717, 1.165) is 0 Å². The second-order valence-corrected chi connectivity index (χ2v) is 3.22. The molecule has 70 valence electrons. The fourth-order valence-electron chi connectivity index (χ4n) is 0.832. The van der Waals surface area contributed by atoms with Gasteiger partial charge in [0.15, 0.2) is 0 Å². The van der Waals surface area contributed by atoms with Gasteiger partial charge in [-0.25, -0.2) is 0 Å². The number of rotatable bonds is 1. The summed E-state index contributed by atoms with van der Waals surface area (Å²) in [5, 5.41) is 11.9. The van der Waals surface area contributed by atoms with E-state index in [-0.39, 0.29) is 27.4 Å². The topological polar surface area (TPSA) is 49.3 Å². The number of hydrogen-bond donors (Lipinski definition) is 2. The Balaban J connectivity index is 3.17. The molecular formula is C8H7Cl2NO2. The van der Waals surface area contributed by atoms with Crippen molar-refractivity contribution in [3.63, 3.8) is 0 Å². The van der Waals surface area contributed by atoms with E-state index in [1.54, 1.807) is 0 Å². The van der Waals surface area contributed by atoms with Crippen molar-refractivity contribution in [2.75, 3.05) is 5.32 Å². The Hall–Kier alpha value is -0.930. The van der Waals surface area contributed by atoms with Crippen LogP contribution in [0.25, 0.3) is 0 Å². The number of phenols is 1. The summed E-state index contributed by atoms with van der Waals surface area (Å²) >= 11 is 11.4. The molecule has 0 atom stereocenters. The first-order valence-corrected chi connectivity index (χ1v) is 4.22. The number of benzene rings is 1. The van der Waals surface area contributed by atoms with Crippen LogP contribution in [0.4, 0.5) is 5.69 Å². The van der Waals surface area contributed by atoms with E-state index in [1.165, 1.54) is 19.1 Å². The molecule has 0 aliphatic heterocycles. The normalized spacial score (nSPS) is 9.77. The molecule has 0 heterocycles. The van der Waals surface area contributed by atoms with E-state index in [2.05, 4.69) is 5.32 Å². The third-order valence-corrected chi connectivity index (χ3v) is 2.07. The first-order valence-electron chi connectivity index (χ1n) is 3.47. The molecular weight excluding hydrogens is 213 g/mol. The average molecular weight is 220 g/mol. The zero-order valence-corrected chi connectivity index (χ0v) is 8.28. The summed E-state index contributed by atoms with van der Waals surface area (Å²) < 4.78 is 0. The summed E-state index contributed by atoms with van der Waals surface area (Å²) in [7, 11) is 0. The van der Waals surface area contributed by atoms with Gasteiger partial charge in [-0.1, -0.05) is 23.2 Å². The lowest BCUT2D eigenvalue weighted by Crippen LogP contribution is -2.06.